The molecule has 0 saturated carbocycles. The first-order valence-electron chi connectivity index (χ1n) is 8.73. The van der Waals surface area contributed by atoms with Crippen molar-refractivity contribution >= 4 is 11.6 Å². The van der Waals surface area contributed by atoms with Gasteiger partial charge in [0.1, 0.15) is 18.2 Å². The highest BCUT2D eigenvalue weighted by molar-refractivity contribution is 5.96. The van der Waals surface area contributed by atoms with Gasteiger partial charge in [0.25, 0.3) is 0 Å². The SMILES string of the molecule is Cn1ccnc1COc1ccc(NC(=O)C2CCCc3[nH]ncc32)cc1. The third-order valence-electron chi connectivity index (χ3n) is 4.77. The third kappa shape index (κ3) is 3.33. The Kier molecular flexibility index (Phi) is 4.43. The predicted molar refractivity (Wildman–Crippen MR) is 96.9 cm³/mol. The fourth-order valence-electron chi connectivity index (χ4n) is 3.28. The van der Waals surface area contributed by atoms with Crippen LogP contribution in [0.2, 0.25) is 0 Å². The van der Waals surface area contributed by atoms with Crippen molar-refractivity contribution < 1.29 is 9.53 Å². The third-order valence-corrected chi connectivity index (χ3v) is 4.77. The molecule has 26 heavy (non-hydrogen) atoms. The zero-order valence-corrected chi connectivity index (χ0v) is 14.6. The Hall–Kier alpha value is -3.09. The Bertz CT molecular complexity index is 897. The molecule has 4 rings (SSSR count). The van der Waals surface area contributed by atoms with Crippen molar-refractivity contribution in [3.05, 3.63) is 59.9 Å². The van der Waals surface area contributed by atoms with Crippen LogP contribution < -0.4 is 10.1 Å². The van der Waals surface area contributed by atoms with Crippen molar-refractivity contribution in [1.29, 1.82) is 0 Å². The van der Waals surface area contributed by atoms with E-state index in [9.17, 15) is 4.79 Å². The number of fused-ring (bicyclic) bond motifs is 1. The van der Waals surface area contributed by atoms with E-state index < -0.39 is 0 Å². The average molecular weight is 351 g/mol. The lowest BCUT2D eigenvalue weighted by Gasteiger charge is -2.21. The van der Waals surface area contributed by atoms with E-state index >= 15 is 0 Å². The summed E-state index contributed by atoms with van der Waals surface area (Å²) in [6.45, 7) is 0.403. The van der Waals surface area contributed by atoms with Gasteiger partial charge in [-0.1, -0.05) is 0 Å². The molecule has 0 saturated heterocycles. The molecule has 1 atom stereocenters. The van der Waals surface area contributed by atoms with Crippen molar-refractivity contribution in [3.8, 4) is 5.75 Å². The highest BCUT2D eigenvalue weighted by Gasteiger charge is 2.27. The molecule has 2 N–H and O–H groups in total. The number of nitrogens with zero attached hydrogens (tertiary/aromatic N) is 3. The molecule has 1 aliphatic rings. The molecule has 2 heterocycles. The molecular weight excluding hydrogens is 330 g/mol. The lowest BCUT2D eigenvalue weighted by Crippen LogP contribution is -2.24. The molecule has 0 radical (unpaired) electrons. The highest BCUT2D eigenvalue weighted by atomic mass is 16.5. The largest absolute Gasteiger partial charge is 0.486 e. The van der Waals surface area contributed by atoms with Crippen LogP contribution in [0.15, 0.2) is 42.9 Å². The topological polar surface area (TPSA) is 84.8 Å². The van der Waals surface area contributed by atoms with E-state index in [2.05, 4.69) is 20.5 Å². The first-order valence-corrected chi connectivity index (χ1v) is 8.73. The van der Waals surface area contributed by atoms with Crippen LogP contribution in [0.25, 0.3) is 0 Å². The minimum atomic E-state index is -0.142. The van der Waals surface area contributed by atoms with Crippen LogP contribution in [0, 0.1) is 0 Å². The lowest BCUT2D eigenvalue weighted by molar-refractivity contribution is -0.117. The second-order valence-corrected chi connectivity index (χ2v) is 6.51. The molecule has 1 amide bonds. The summed E-state index contributed by atoms with van der Waals surface area (Å²) in [5.74, 6) is 1.46. The van der Waals surface area contributed by atoms with E-state index in [1.807, 2.05) is 42.1 Å². The Morgan fingerprint density at radius 1 is 1.38 bits per heavy atom. The molecule has 1 aliphatic carbocycles. The van der Waals surface area contributed by atoms with Crippen LogP contribution in [-0.2, 0) is 24.9 Å². The second-order valence-electron chi connectivity index (χ2n) is 6.51. The minimum Gasteiger partial charge on any atom is -0.486 e. The van der Waals surface area contributed by atoms with E-state index in [-0.39, 0.29) is 11.8 Å². The van der Waals surface area contributed by atoms with Crippen LogP contribution in [0.4, 0.5) is 5.69 Å². The van der Waals surface area contributed by atoms with E-state index in [4.69, 9.17) is 4.74 Å². The van der Waals surface area contributed by atoms with E-state index in [0.717, 1.165) is 47.8 Å². The maximum atomic E-state index is 12.6. The fraction of sp³-hybridized carbons (Fsp3) is 0.316. The zero-order valence-electron chi connectivity index (χ0n) is 14.6. The van der Waals surface area contributed by atoms with Gasteiger partial charge >= 0.3 is 0 Å². The van der Waals surface area contributed by atoms with Crippen LogP contribution >= 0.6 is 0 Å². The number of carbonyl (C=O) groups excluding carboxylic acids is 1. The number of aryl methyl sites for hydroxylation is 2. The van der Waals surface area contributed by atoms with Gasteiger partial charge in [-0.25, -0.2) is 4.98 Å². The Balaban J connectivity index is 1.37. The van der Waals surface area contributed by atoms with Crippen molar-refractivity contribution in [2.24, 2.45) is 7.05 Å². The van der Waals surface area contributed by atoms with E-state index in [1.54, 1.807) is 12.4 Å². The number of amides is 1. The summed E-state index contributed by atoms with van der Waals surface area (Å²) in [6.07, 6.45) is 8.20. The Morgan fingerprint density at radius 3 is 3.00 bits per heavy atom. The quantitative estimate of drug-likeness (QED) is 0.740. The number of ether oxygens (including phenoxy) is 1. The molecule has 134 valence electrons. The predicted octanol–water partition coefficient (Wildman–Crippen LogP) is 2.78. The maximum Gasteiger partial charge on any atom is 0.232 e. The van der Waals surface area contributed by atoms with Gasteiger partial charge < -0.3 is 14.6 Å². The number of aromatic amines is 1. The molecule has 0 spiro atoms. The molecule has 0 fully saturated rings. The normalized spacial score (nSPS) is 16.1. The van der Waals surface area contributed by atoms with E-state index in [0.29, 0.717) is 6.61 Å². The number of H-pyrrole nitrogens is 1. The van der Waals surface area contributed by atoms with Crippen LogP contribution in [0.5, 0.6) is 5.75 Å². The zero-order chi connectivity index (χ0) is 17.9. The summed E-state index contributed by atoms with van der Waals surface area (Å²) in [5, 5.41) is 10.1. The van der Waals surface area contributed by atoms with Crippen molar-refractivity contribution in [2.45, 2.75) is 31.8 Å². The van der Waals surface area contributed by atoms with Gasteiger partial charge in [-0.3, -0.25) is 9.89 Å². The number of hydrogen-bond acceptors (Lipinski definition) is 4. The second kappa shape index (κ2) is 7.03. The first-order chi connectivity index (χ1) is 12.7. The average Bonchev–Trinajstić information content (AvgIpc) is 3.29. The summed E-state index contributed by atoms with van der Waals surface area (Å²) >= 11 is 0. The monoisotopic (exact) mass is 351 g/mol. The standard InChI is InChI=1S/C19H21N5O2/c1-24-10-9-20-18(24)12-26-14-7-5-13(6-8-14)22-19(25)15-3-2-4-17-16(15)11-21-23-17/h5-11,15H,2-4,12H2,1H3,(H,21,23)(H,22,25). The first kappa shape index (κ1) is 16.4. The van der Waals surface area contributed by atoms with Gasteiger partial charge in [-0.15, -0.1) is 0 Å². The highest BCUT2D eigenvalue weighted by Crippen LogP contribution is 2.31. The molecule has 7 heteroatoms. The van der Waals surface area contributed by atoms with Gasteiger partial charge in [0.2, 0.25) is 5.91 Å². The number of benzene rings is 1. The number of imidazole rings is 1. The van der Waals surface area contributed by atoms with Gasteiger partial charge in [0, 0.05) is 36.4 Å². The van der Waals surface area contributed by atoms with Gasteiger partial charge in [-0.2, -0.15) is 5.10 Å². The molecular formula is C19H21N5O2. The number of nitrogens with one attached hydrogen (secondary N) is 2. The number of rotatable bonds is 5. The van der Waals surface area contributed by atoms with Gasteiger partial charge in [0.15, 0.2) is 0 Å². The summed E-state index contributed by atoms with van der Waals surface area (Å²) in [4.78, 5) is 16.9. The molecule has 2 aromatic heterocycles. The molecule has 1 unspecified atom stereocenters. The molecule has 0 bridgehead atoms. The maximum absolute atomic E-state index is 12.6. The van der Waals surface area contributed by atoms with Gasteiger partial charge in [0.05, 0.1) is 12.1 Å². The summed E-state index contributed by atoms with van der Waals surface area (Å²) in [6, 6.07) is 7.40. The number of anilines is 1. The fourth-order valence-corrected chi connectivity index (χ4v) is 3.28. The van der Waals surface area contributed by atoms with Crippen molar-refractivity contribution in [2.75, 3.05) is 5.32 Å². The van der Waals surface area contributed by atoms with Crippen LogP contribution in [-0.4, -0.2) is 25.7 Å². The number of hydrogen-bond donors (Lipinski definition) is 2. The Labute approximate surface area is 151 Å². The lowest BCUT2D eigenvalue weighted by atomic mass is 9.86. The van der Waals surface area contributed by atoms with Crippen LogP contribution in [0.1, 0.15) is 35.8 Å². The smallest absolute Gasteiger partial charge is 0.232 e. The number of aromatic nitrogens is 4. The molecule has 7 nitrogen and oxygen atoms in total. The molecule has 3 aromatic rings. The minimum absolute atomic E-state index is 0.00836. The van der Waals surface area contributed by atoms with Crippen molar-refractivity contribution in [1.82, 2.24) is 19.7 Å². The summed E-state index contributed by atoms with van der Waals surface area (Å²) in [5.41, 5.74) is 2.85. The van der Waals surface area contributed by atoms with Crippen LogP contribution in [0.3, 0.4) is 0 Å². The number of carbonyl (C=O) groups is 1. The van der Waals surface area contributed by atoms with E-state index in [1.165, 1.54) is 0 Å². The summed E-state index contributed by atoms with van der Waals surface area (Å²) < 4.78 is 7.65. The Morgan fingerprint density at radius 2 is 2.23 bits per heavy atom. The van der Waals surface area contributed by atoms with Crippen molar-refractivity contribution in [3.63, 3.8) is 0 Å². The van der Waals surface area contributed by atoms with Gasteiger partial charge in [-0.05, 0) is 43.5 Å². The molecule has 1 aromatic carbocycles. The summed E-state index contributed by atoms with van der Waals surface area (Å²) in [7, 11) is 1.93. The molecule has 0 aliphatic heterocycles.